The van der Waals surface area contributed by atoms with E-state index in [4.69, 9.17) is 11.1 Å². The van der Waals surface area contributed by atoms with Gasteiger partial charge in [0.25, 0.3) is 0 Å². The van der Waals surface area contributed by atoms with E-state index in [2.05, 4.69) is 0 Å². The number of hydrogen-bond acceptors (Lipinski definition) is 6. The molecule has 0 radical (unpaired) electrons. The second-order valence-electron chi connectivity index (χ2n) is 4.81. The Labute approximate surface area is 120 Å². The first-order chi connectivity index (χ1) is 9.45. The SMILES string of the molecule is C[C@@H](O)[C@H]1C(=O)N2C(C(=O)O)=C(SCCN)C(C=N)[C@@H]12. The maximum absolute atomic E-state index is 12.0. The fraction of sp³-hybridized carbons (Fsp3) is 0.583. The molecular formula is C12H17N3O4S. The smallest absolute Gasteiger partial charge is 0.353 e. The summed E-state index contributed by atoms with van der Waals surface area (Å²) in [6.07, 6.45) is 0.286. The Morgan fingerprint density at radius 3 is 2.75 bits per heavy atom. The van der Waals surface area contributed by atoms with Crippen molar-refractivity contribution in [2.75, 3.05) is 12.3 Å². The van der Waals surface area contributed by atoms with E-state index in [1.54, 1.807) is 0 Å². The van der Waals surface area contributed by atoms with Crippen molar-refractivity contribution < 1.29 is 19.8 Å². The maximum Gasteiger partial charge on any atom is 0.353 e. The Kier molecular flexibility index (Phi) is 4.17. The van der Waals surface area contributed by atoms with E-state index in [0.717, 1.165) is 6.21 Å². The number of carbonyl (C=O) groups is 2. The van der Waals surface area contributed by atoms with Gasteiger partial charge in [-0.3, -0.25) is 9.69 Å². The molecule has 0 aromatic carbocycles. The summed E-state index contributed by atoms with van der Waals surface area (Å²) in [4.78, 5) is 25.1. The average Bonchev–Trinajstić information content (AvgIpc) is 2.65. The van der Waals surface area contributed by atoms with Gasteiger partial charge >= 0.3 is 5.97 Å². The van der Waals surface area contributed by atoms with Crippen LogP contribution in [0.2, 0.25) is 0 Å². The Hall–Kier alpha value is -1.38. The zero-order valence-corrected chi connectivity index (χ0v) is 11.8. The summed E-state index contributed by atoms with van der Waals surface area (Å²) >= 11 is 1.26. The summed E-state index contributed by atoms with van der Waals surface area (Å²) in [7, 11) is 0. The number of nitrogens with zero attached hydrogens (tertiary/aromatic N) is 1. The second kappa shape index (κ2) is 5.55. The third kappa shape index (κ3) is 2.04. The van der Waals surface area contributed by atoms with Crippen molar-refractivity contribution in [2.24, 2.45) is 17.6 Å². The number of hydrogen-bond donors (Lipinski definition) is 4. The molecule has 1 unspecified atom stereocenters. The number of carboxylic acid groups (broad SMARTS) is 1. The fourth-order valence-corrected chi connectivity index (χ4v) is 3.87. The Morgan fingerprint density at radius 1 is 1.65 bits per heavy atom. The molecule has 4 atom stereocenters. The number of nitrogens with two attached hydrogens (primary N) is 1. The normalized spacial score (nSPS) is 30.1. The van der Waals surface area contributed by atoms with Crippen molar-refractivity contribution in [2.45, 2.75) is 19.1 Å². The zero-order chi connectivity index (χ0) is 15.0. The quantitative estimate of drug-likeness (QED) is 0.385. The first-order valence-corrected chi connectivity index (χ1v) is 7.26. The number of nitrogens with one attached hydrogen (secondary N) is 1. The molecule has 7 nitrogen and oxygen atoms in total. The molecule has 20 heavy (non-hydrogen) atoms. The molecule has 0 aromatic rings. The second-order valence-corrected chi connectivity index (χ2v) is 5.95. The van der Waals surface area contributed by atoms with Crippen LogP contribution in [0.15, 0.2) is 10.6 Å². The summed E-state index contributed by atoms with van der Waals surface area (Å²) in [5.74, 6) is -2.18. The van der Waals surface area contributed by atoms with Crippen LogP contribution in [0.1, 0.15) is 6.92 Å². The highest BCUT2D eigenvalue weighted by Gasteiger charge is 2.60. The number of aliphatic hydroxyl groups excluding tert-OH is 1. The lowest BCUT2D eigenvalue weighted by Crippen LogP contribution is -2.64. The molecule has 0 saturated carbocycles. The minimum absolute atomic E-state index is 0.0659. The van der Waals surface area contributed by atoms with E-state index in [1.165, 1.54) is 23.6 Å². The molecule has 5 N–H and O–H groups in total. The van der Waals surface area contributed by atoms with E-state index in [-0.39, 0.29) is 5.70 Å². The van der Waals surface area contributed by atoms with Crippen LogP contribution in [0, 0.1) is 17.2 Å². The van der Waals surface area contributed by atoms with E-state index < -0.39 is 35.9 Å². The Bertz CT molecular complexity index is 491. The van der Waals surface area contributed by atoms with Crippen LogP contribution in [-0.2, 0) is 9.59 Å². The largest absolute Gasteiger partial charge is 0.477 e. The van der Waals surface area contributed by atoms with Gasteiger partial charge < -0.3 is 21.4 Å². The minimum atomic E-state index is -1.18. The lowest BCUT2D eigenvalue weighted by Gasteiger charge is -2.46. The van der Waals surface area contributed by atoms with E-state index in [0.29, 0.717) is 17.2 Å². The number of aliphatic hydroxyl groups is 1. The average molecular weight is 299 g/mol. The third-order valence-corrected chi connectivity index (χ3v) is 4.83. The number of β-lactam (4-membered cyclic amide) rings is 1. The highest BCUT2D eigenvalue weighted by atomic mass is 32.2. The summed E-state index contributed by atoms with van der Waals surface area (Å²) in [5, 5.41) is 26.5. The molecule has 8 heteroatoms. The number of thioether (sulfide) groups is 1. The Morgan fingerprint density at radius 2 is 2.30 bits per heavy atom. The van der Waals surface area contributed by atoms with Crippen molar-refractivity contribution in [3.8, 4) is 0 Å². The molecule has 110 valence electrons. The van der Waals surface area contributed by atoms with Crippen LogP contribution < -0.4 is 5.73 Å². The van der Waals surface area contributed by atoms with Crippen LogP contribution in [-0.4, -0.2) is 57.6 Å². The molecule has 0 bridgehead atoms. The van der Waals surface area contributed by atoms with Gasteiger partial charge in [0.2, 0.25) is 5.91 Å². The van der Waals surface area contributed by atoms with Gasteiger partial charge in [-0.15, -0.1) is 11.8 Å². The molecule has 2 heterocycles. The summed E-state index contributed by atoms with van der Waals surface area (Å²) in [6, 6.07) is -0.466. The van der Waals surface area contributed by atoms with Gasteiger partial charge in [0.05, 0.1) is 18.1 Å². The lowest BCUT2D eigenvalue weighted by molar-refractivity contribution is -0.162. The van der Waals surface area contributed by atoms with Crippen LogP contribution >= 0.6 is 11.8 Å². The zero-order valence-electron chi connectivity index (χ0n) is 10.9. The standard InChI is InChI=1S/C12H17N3O4S/c1-5(16)7-8-6(4-14)10(20-3-2-13)9(12(18)19)15(8)11(7)17/h4-8,14,16H,2-3,13H2,1H3,(H,18,19)/t5-,6?,7-,8+/m1/s1. The third-order valence-electron chi connectivity index (χ3n) is 3.61. The van der Waals surface area contributed by atoms with E-state index >= 15 is 0 Å². The van der Waals surface area contributed by atoms with E-state index in [1.807, 2.05) is 0 Å². The number of carboxylic acids is 1. The van der Waals surface area contributed by atoms with E-state index in [9.17, 15) is 19.8 Å². The predicted molar refractivity (Wildman–Crippen MR) is 74.3 cm³/mol. The number of amides is 1. The molecule has 2 rings (SSSR count). The van der Waals surface area contributed by atoms with Crippen LogP contribution in [0.4, 0.5) is 0 Å². The number of fused-ring (bicyclic) bond motifs is 1. The molecule has 1 saturated heterocycles. The van der Waals surface area contributed by atoms with Gasteiger partial charge in [-0.1, -0.05) is 0 Å². The van der Waals surface area contributed by atoms with Gasteiger partial charge in [-0.05, 0) is 6.92 Å². The van der Waals surface area contributed by atoms with Crippen molar-refractivity contribution in [3.63, 3.8) is 0 Å². The molecular weight excluding hydrogens is 282 g/mol. The lowest BCUT2D eigenvalue weighted by atomic mass is 9.79. The van der Waals surface area contributed by atoms with Crippen LogP contribution in [0.5, 0.6) is 0 Å². The highest BCUT2D eigenvalue weighted by molar-refractivity contribution is 8.03. The molecule has 1 amide bonds. The monoisotopic (exact) mass is 299 g/mol. The maximum atomic E-state index is 12.0. The van der Waals surface area contributed by atoms with Crippen molar-refractivity contribution in [3.05, 3.63) is 10.6 Å². The van der Waals surface area contributed by atoms with Crippen LogP contribution in [0.25, 0.3) is 0 Å². The minimum Gasteiger partial charge on any atom is -0.477 e. The molecule has 1 fully saturated rings. The van der Waals surface area contributed by atoms with Crippen LogP contribution in [0.3, 0.4) is 0 Å². The Balaban J connectivity index is 2.39. The van der Waals surface area contributed by atoms with Gasteiger partial charge in [0.1, 0.15) is 5.70 Å². The number of aliphatic carboxylic acids is 1. The highest BCUT2D eigenvalue weighted by Crippen LogP contribution is 2.49. The van der Waals surface area contributed by atoms with Crippen molar-refractivity contribution >= 4 is 29.9 Å². The van der Waals surface area contributed by atoms with Gasteiger partial charge in [-0.25, -0.2) is 4.79 Å². The molecule has 2 aliphatic rings. The van der Waals surface area contributed by atoms with Gasteiger partial charge in [0.15, 0.2) is 0 Å². The summed E-state index contributed by atoms with van der Waals surface area (Å²) in [5.41, 5.74) is 5.37. The number of carbonyl (C=O) groups excluding carboxylic acids is 1. The fourth-order valence-electron chi connectivity index (χ4n) is 2.81. The van der Waals surface area contributed by atoms with Crippen molar-refractivity contribution in [1.29, 1.82) is 5.41 Å². The predicted octanol–water partition coefficient (Wildman–Crippen LogP) is -0.538. The summed E-state index contributed by atoms with van der Waals surface area (Å²) < 4.78 is 0. The molecule has 2 aliphatic heterocycles. The van der Waals surface area contributed by atoms with Crippen molar-refractivity contribution in [1.82, 2.24) is 4.90 Å². The van der Waals surface area contributed by atoms with Gasteiger partial charge in [-0.2, -0.15) is 0 Å². The molecule has 0 aliphatic carbocycles. The number of rotatable bonds is 6. The van der Waals surface area contributed by atoms with Gasteiger partial charge in [0, 0.05) is 29.3 Å². The first kappa shape index (κ1) is 15.0. The first-order valence-electron chi connectivity index (χ1n) is 6.27. The topological polar surface area (TPSA) is 128 Å². The molecule has 0 spiro atoms. The summed E-state index contributed by atoms with van der Waals surface area (Å²) in [6.45, 7) is 1.89. The molecule has 0 aromatic heterocycles.